The van der Waals surface area contributed by atoms with Gasteiger partial charge >= 0.3 is 0 Å². The molecule has 92 valence electrons. The van der Waals surface area contributed by atoms with Crippen molar-refractivity contribution in [2.75, 3.05) is 5.32 Å². The molecule has 0 aromatic carbocycles. The molecular formula is C10H5Cl2FN4O. The van der Waals surface area contributed by atoms with Crippen molar-refractivity contribution >= 4 is 34.8 Å². The Morgan fingerprint density at radius 2 is 2.00 bits per heavy atom. The van der Waals surface area contributed by atoms with E-state index in [0.29, 0.717) is 0 Å². The summed E-state index contributed by atoms with van der Waals surface area (Å²) in [5.74, 6) is -1.14. The molecule has 0 aliphatic heterocycles. The summed E-state index contributed by atoms with van der Waals surface area (Å²) in [4.78, 5) is 15.4. The largest absolute Gasteiger partial charge is 0.320 e. The first-order valence-electron chi connectivity index (χ1n) is 4.67. The molecule has 0 radical (unpaired) electrons. The lowest BCUT2D eigenvalue weighted by Crippen LogP contribution is -2.13. The van der Waals surface area contributed by atoms with Crippen molar-refractivity contribution in [3.63, 3.8) is 0 Å². The van der Waals surface area contributed by atoms with Gasteiger partial charge in [0.15, 0.2) is 10.3 Å². The van der Waals surface area contributed by atoms with E-state index in [0.717, 1.165) is 12.3 Å². The summed E-state index contributed by atoms with van der Waals surface area (Å²) in [7, 11) is 0. The summed E-state index contributed by atoms with van der Waals surface area (Å²) in [5.41, 5.74) is 0.241. The molecule has 2 aromatic heterocycles. The van der Waals surface area contributed by atoms with Gasteiger partial charge < -0.3 is 5.32 Å². The second kappa shape index (κ2) is 5.24. The third kappa shape index (κ3) is 2.91. The van der Waals surface area contributed by atoms with Crippen LogP contribution in [-0.4, -0.2) is 21.1 Å². The Hall–Kier alpha value is -1.79. The summed E-state index contributed by atoms with van der Waals surface area (Å²) in [6.45, 7) is 0. The fourth-order valence-electron chi connectivity index (χ4n) is 1.19. The second-order valence-electron chi connectivity index (χ2n) is 3.22. The zero-order chi connectivity index (χ0) is 13.1. The first kappa shape index (κ1) is 12.7. The summed E-state index contributed by atoms with van der Waals surface area (Å²) in [6, 6.07) is 2.38. The number of pyridine rings is 1. The minimum absolute atomic E-state index is 0.0296. The molecule has 0 saturated carbocycles. The first-order valence-corrected chi connectivity index (χ1v) is 5.42. The number of hydrogen-bond acceptors (Lipinski definition) is 4. The van der Waals surface area contributed by atoms with Gasteiger partial charge in [-0.1, -0.05) is 23.2 Å². The molecule has 0 spiro atoms. The van der Waals surface area contributed by atoms with Crippen molar-refractivity contribution < 1.29 is 9.18 Å². The van der Waals surface area contributed by atoms with E-state index < -0.39 is 11.7 Å². The maximum atomic E-state index is 12.9. The van der Waals surface area contributed by atoms with E-state index in [1.165, 1.54) is 12.3 Å². The number of nitrogens with zero attached hydrogens (tertiary/aromatic N) is 3. The van der Waals surface area contributed by atoms with E-state index in [1.54, 1.807) is 0 Å². The molecule has 0 aliphatic carbocycles. The standard InChI is InChI=1S/C10H5Cl2FN4O/c11-8-2-7(9(12)17-16-8)10(18)15-6-1-5(13)3-14-4-6/h1-4H,(H,15,18). The highest BCUT2D eigenvalue weighted by molar-refractivity contribution is 6.34. The average Bonchev–Trinajstić information content (AvgIpc) is 2.32. The third-order valence-corrected chi connectivity index (χ3v) is 2.39. The van der Waals surface area contributed by atoms with Gasteiger partial charge in [0.2, 0.25) is 0 Å². The fraction of sp³-hybridized carbons (Fsp3) is 0. The van der Waals surface area contributed by atoms with Gasteiger partial charge in [0.1, 0.15) is 5.82 Å². The number of hydrogen-bond donors (Lipinski definition) is 1. The molecule has 2 rings (SSSR count). The van der Waals surface area contributed by atoms with Crippen molar-refractivity contribution in [3.8, 4) is 0 Å². The van der Waals surface area contributed by atoms with Crippen molar-refractivity contribution in [1.82, 2.24) is 15.2 Å². The van der Waals surface area contributed by atoms with Crippen molar-refractivity contribution in [3.05, 3.63) is 46.2 Å². The lowest BCUT2D eigenvalue weighted by molar-refractivity contribution is 0.102. The van der Waals surface area contributed by atoms with Gasteiger partial charge in [-0.15, -0.1) is 10.2 Å². The van der Waals surface area contributed by atoms with Crippen LogP contribution in [0.5, 0.6) is 0 Å². The Morgan fingerprint density at radius 1 is 1.22 bits per heavy atom. The number of carbonyl (C=O) groups is 1. The Morgan fingerprint density at radius 3 is 2.72 bits per heavy atom. The number of nitrogens with one attached hydrogen (secondary N) is 1. The predicted octanol–water partition coefficient (Wildman–Crippen LogP) is 2.57. The number of rotatable bonds is 2. The topological polar surface area (TPSA) is 67.8 Å². The van der Waals surface area contributed by atoms with Crippen LogP contribution in [0, 0.1) is 5.82 Å². The van der Waals surface area contributed by atoms with Crippen LogP contribution < -0.4 is 5.32 Å². The molecule has 8 heteroatoms. The molecule has 0 unspecified atom stereocenters. The van der Waals surface area contributed by atoms with Crippen LogP contribution in [-0.2, 0) is 0 Å². The monoisotopic (exact) mass is 286 g/mol. The smallest absolute Gasteiger partial charge is 0.259 e. The fourth-order valence-corrected chi connectivity index (χ4v) is 1.52. The molecule has 0 fully saturated rings. The van der Waals surface area contributed by atoms with Crippen LogP contribution in [0.1, 0.15) is 10.4 Å². The van der Waals surface area contributed by atoms with Crippen LogP contribution in [0.15, 0.2) is 24.5 Å². The quantitative estimate of drug-likeness (QED) is 0.921. The zero-order valence-corrected chi connectivity index (χ0v) is 10.2. The van der Waals surface area contributed by atoms with Gasteiger partial charge in [-0.25, -0.2) is 4.39 Å². The molecule has 18 heavy (non-hydrogen) atoms. The molecule has 0 aliphatic rings. The molecule has 2 heterocycles. The van der Waals surface area contributed by atoms with Gasteiger partial charge in [0.05, 0.1) is 23.6 Å². The van der Waals surface area contributed by atoms with Crippen LogP contribution >= 0.6 is 23.2 Å². The highest BCUT2D eigenvalue weighted by atomic mass is 35.5. The van der Waals surface area contributed by atoms with Gasteiger partial charge in [-0.2, -0.15) is 0 Å². The van der Waals surface area contributed by atoms with Gasteiger partial charge in [0, 0.05) is 6.07 Å². The molecule has 0 bridgehead atoms. The minimum Gasteiger partial charge on any atom is -0.320 e. The Bertz CT molecular complexity index is 608. The molecule has 1 N–H and O–H groups in total. The highest BCUT2D eigenvalue weighted by Crippen LogP contribution is 2.17. The summed E-state index contributed by atoms with van der Waals surface area (Å²) in [5, 5.41) is 9.31. The van der Waals surface area contributed by atoms with Crippen LogP contribution in [0.25, 0.3) is 0 Å². The van der Waals surface area contributed by atoms with E-state index in [-0.39, 0.29) is 21.6 Å². The minimum atomic E-state index is -0.579. The molecule has 5 nitrogen and oxygen atoms in total. The predicted molar refractivity (Wildman–Crippen MR) is 64.2 cm³/mol. The number of halogens is 3. The van der Waals surface area contributed by atoms with Gasteiger partial charge in [-0.3, -0.25) is 9.78 Å². The summed E-state index contributed by atoms with van der Waals surface area (Å²) in [6.07, 6.45) is 2.32. The lowest BCUT2D eigenvalue weighted by atomic mass is 10.3. The van der Waals surface area contributed by atoms with Crippen molar-refractivity contribution in [2.45, 2.75) is 0 Å². The van der Waals surface area contributed by atoms with E-state index in [1.807, 2.05) is 0 Å². The summed E-state index contributed by atoms with van der Waals surface area (Å²) >= 11 is 11.3. The third-order valence-electron chi connectivity index (χ3n) is 1.93. The second-order valence-corrected chi connectivity index (χ2v) is 3.96. The van der Waals surface area contributed by atoms with Crippen LogP contribution in [0.2, 0.25) is 10.3 Å². The Labute approximate surface area is 111 Å². The van der Waals surface area contributed by atoms with Crippen molar-refractivity contribution in [2.24, 2.45) is 0 Å². The zero-order valence-electron chi connectivity index (χ0n) is 8.69. The molecule has 2 aromatic rings. The SMILES string of the molecule is O=C(Nc1cncc(F)c1)c1cc(Cl)nnc1Cl. The average molecular weight is 287 g/mol. The normalized spacial score (nSPS) is 10.2. The lowest BCUT2D eigenvalue weighted by Gasteiger charge is -2.05. The van der Waals surface area contributed by atoms with Crippen molar-refractivity contribution in [1.29, 1.82) is 0 Å². The molecular weight excluding hydrogens is 282 g/mol. The molecule has 0 atom stereocenters. The highest BCUT2D eigenvalue weighted by Gasteiger charge is 2.13. The van der Waals surface area contributed by atoms with E-state index in [2.05, 4.69) is 20.5 Å². The number of amides is 1. The maximum absolute atomic E-state index is 12.9. The summed E-state index contributed by atoms with van der Waals surface area (Å²) < 4.78 is 12.9. The first-order chi connectivity index (χ1) is 8.56. The van der Waals surface area contributed by atoms with Crippen LogP contribution in [0.4, 0.5) is 10.1 Å². The van der Waals surface area contributed by atoms with Gasteiger partial charge in [0.25, 0.3) is 5.91 Å². The van der Waals surface area contributed by atoms with Crippen LogP contribution in [0.3, 0.4) is 0 Å². The van der Waals surface area contributed by atoms with Gasteiger partial charge in [-0.05, 0) is 6.07 Å². The molecule has 1 amide bonds. The van der Waals surface area contributed by atoms with E-state index in [4.69, 9.17) is 23.2 Å². The number of aromatic nitrogens is 3. The number of anilines is 1. The number of carbonyl (C=O) groups excluding carboxylic acids is 1. The molecule has 0 saturated heterocycles. The van der Waals surface area contributed by atoms with E-state index in [9.17, 15) is 9.18 Å². The Kier molecular flexibility index (Phi) is 3.69. The van der Waals surface area contributed by atoms with E-state index >= 15 is 0 Å². The Balaban J connectivity index is 2.24. The maximum Gasteiger partial charge on any atom is 0.259 e.